The number of para-hydroxylation sites is 1. The minimum atomic E-state index is 0.580. The standard InChI is InChI=1S/C15H16N2OS/c1-2-6-12-11(5-1)14-13(9-18-12)19-15(17-14)10-4-3-7-16-8-10/h1-2,5-6,10,16H,3-4,7-9H2. The van der Waals surface area contributed by atoms with Crippen LogP contribution in [0.5, 0.6) is 5.75 Å². The molecule has 1 N–H and O–H groups in total. The second-order valence-electron chi connectivity index (χ2n) is 5.15. The molecule has 0 aliphatic carbocycles. The number of ether oxygens (including phenoxy) is 1. The molecule has 0 spiro atoms. The molecule has 0 radical (unpaired) electrons. The molecule has 4 rings (SSSR count). The van der Waals surface area contributed by atoms with Gasteiger partial charge < -0.3 is 10.1 Å². The van der Waals surface area contributed by atoms with E-state index >= 15 is 0 Å². The van der Waals surface area contributed by atoms with E-state index < -0.39 is 0 Å². The van der Waals surface area contributed by atoms with Crippen LogP contribution >= 0.6 is 11.3 Å². The lowest BCUT2D eigenvalue weighted by Gasteiger charge is -2.20. The summed E-state index contributed by atoms with van der Waals surface area (Å²) in [5, 5.41) is 4.74. The van der Waals surface area contributed by atoms with E-state index in [4.69, 9.17) is 9.72 Å². The summed E-state index contributed by atoms with van der Waals surface area (Å²) in [6, 6.07) is 8.20. The summed E-state index contributed by atoms with van der Waals surface area (Å²) >= 11 is 1.83. The summed E-state index contributed by atoms with van der Waals surface area (Å²) in [5.74, 6) is 1.55. The molecule has 1 saturated heterocycles. The van der Waals surface area contributed by atoms with Gasteiger partial charge in [-0.2, -0.15) is 0 Å². The summed E-state index contributed by atoms with van der Waals surface area (Å²) in [5.41, 5.74) is 2.29. The van der Waals surface area contributed by atoms with Gasteiger partial charge in [-0.15, -0.1) is 11.3 Å². The van der Waals surface area contributed by atoms with Crippen LogP contribution in [0, 0.1) is 0 Å². The normalized spacial score (nSPS) is 21.4. The van der Waals surface area contributed by atoms with Gasteiger partial charge in [0.25, 0.3) is 0 Å². The molecule has 1 fully saturated rings. The zero-order valence-corrected chi connectivity index (χ0v) is 11.5. The average Bonchev–Trinajstić information content (AvgIpc) is 2.93. The van der Waals surface area contributed by atoms with Gasteiger partial charge in [0.1, 0.15) is 12.4 Å². The number of nitrogens with one attached hydrogen (secondary N) is 1. The van der Waals surface area contributed by atoms with Crippen LogP contribution in [0.1, 0.15) is 28.6 Å². The number of nitrogens with zero attached hydrogens (tertiary/aromatic N) is 1. The number of hydrogen-bond acceptors (Lipinski definition) is 4. The third kappa shape index (κ3) is 1.95. The number of hydrogen-bond donors (Lipinski definition) is 1. The highest BCUT2D eigenvalue weighted by atomic mass is 32.1. The molecule has 0 saturated carbocycles. The quantitative estimate of drug-likeness (QED) is 0.866. The van der Waals surface area contributed by atoms with Gasteiger partial charge in [0.2, 0.25) is 0 Å². The largest absolute Gasteiger partial charge is 0.487 e. The maximum absolute atomic E-state index is 5.81. The molecule has 3 heterocycles. The lowest BCUT2D eigenvalue weighted by molar-refractivity contribution is 0.305. The first-order valence-electron chi connectivity index (χ1n) is 6.84. The lowest BCUT2D eigenvalue weighted by Crippen LogP contribution is -2.28. The number of rotatable bonds is 1. The van der Waals surface area contributed by atoms with Crippen molar-refractivity contribution in [1.82, 2.24) is 10.3 Å². The van der Waals surface area contributed by atoms with E-state index in [1.54, 1.807) is 0 Å². The minimum absolute atomic E-state index is 0.580. The Morgan fingerprint density at radius 2 is 2.26 bits per heavy atom. The minimum Gasteiger partial charge on any atom is -0.487 e. The van der Waals surface area contributed by atoms with E-state index in [1.165, 1.54) is 22.7 Å². The van der Waals surface area contributed by atoms with Crippen molar-refractivity contribution < 1.29 is 4.74 Å². The SMILES string of the molecule is c1ccc2c(c1)OCc1sc(C3CCCNC3)nc1-2. The molecular weight excluding hydrogens is 256 g/mol. The van der Waals surface area contributed by atoms with Gasteiger partial charge in [-0.25, -0.2) is 4.98 Å². The van der Waals surface area contributed by atoms with Gasteiger partial charge in [-0.3, -0.25) is 0 Å². The fourth-order valence-electron chi connectivity index (χ4n) is 2.85. The third-order valence-electron chi connectivity index (χ3n) is 3.86. The summed E-state index contributed by atoms with van der Waals surface area (Å²) in [4.78, 5) is 6.19. The Bertz CT molecular complexity index is 602. The zero-order chi connectivity index (χ0) is 12.7. The van der Waals surface area contributed by atoms with Crippen LogP contribution in [-0.4, -0.2) is 18.1 Å². The Kier molecular flexibility index (Phi) is 2.78. The Hall–Kier alpha value is -1.39. The Labute approximate surface area is 116 Å². The number of benzene rings is 1. The molecule has 2 aliphatic rings. The smallest absolute Gasteiger partial charge is 0.129 e. The maximum atomic E-state index is 5.81. The van der Waals surface area contributed by atoms with E-state index in [0.717, 1.165) is 30.1 Å². The van der Waals surface area contributed by atoms with E-state index in [2.05, 4.69) is 17.4 Å². The van der Waals surface area contributed by atoms with Crippen LogP contribution in [-0.2, 0) is 6.61 Å². The van der Waals surface area contributed by atoms with E-state index in [-0.39, 0.29) is 0 Å². The van der Waals surface area contributed by atoms with Gasteiger partial charge >= 0.3 is 0 Å². The second-order valence-corrected chi connectivity index (χ2v) is 6.27. The molecule has 2 aromatic rings. The summed E-state index contributed by atoms with van der Waals surface area (Å²) in [7, 11) is 0. The number of aromatic nitrogens is 1. The van der Waals surface area contributed by atoms with Crippen LogP contribution in [0.2, 0.25) is 0 Å². The maximum Gasteiger partial charge on any atom is 0.129 e. The predicted molar refractivity (Wildman–Crippen MR) is 76.7 cm³/mol. The molecule has 3 nitrogen and oxygen atoms in total. The molecule has 1 unspecified atom stereocenters. The highest BCUT2D eigenvalue weighted by molar-refractivity contribution is 7.12. The zero-order valence-electron chi connectivity index (χ0n) is 10.7. The van der Waals surface area contributed by atoms with Crippen molar-refractivity contribution in [2.24, 2.45) is 0 Å². The van der Waals surface area contributed by atoms with Crippen molar-refractivity contribution in [1.29, 1.82) is 0 Å². The summed E-state index contributed by atoms with van der Waals surface area (Å²) in [6.07, 6.45) is 2.50. The molecule has 1 aromatic heterocycles. The van der Waals surface area contributed by atoms with Gasteiger partial charge in [-0.1, -0.05) is 12.1 Å². The van der Waals surface area contributed by atoms with E-state index in [1.807, 2.05) is 23.5 Å². The van der Waals surface area contributed by atoms with Crippen LogP contribution in [0.15, 0.2) is 24.3 Å². The van der Waals surface area contributed by atoms with Gasteiger partial charge in [-0.05, 0) is 31.5 Å². The van der Waals surface area contributed by atoms with Crippen molar-refractivity contribution in [2.45, 2.75) is 25.4 Å². The van der Waals surface area contributed by atoms with E-state index in [0.29, 0.717) is 12.5 Å². The summed E-state index contributed by atoms with van der Waals surface area (Å²) in [6.45, 7) is 2.88. The van der Waals surface area contributed by atoms with Crippen molar-refractivity contribution in [2.75, 3.05) is 13.1 Å². The average molecular weight is 272 g/mol. The predicted octanol–water partition coefficient (Wildman–Crippen LogP) is 3.17. The van der Waals surface area contributed by atoms with Gasteiger partial charge in [0, 0.05) is 18.0 Å². The van der Waals surface area contributed by atoms with Crippen LogP contribution in [0.25, 0.3) is 11.3 Å². The monoisotopic (exact) mass is 272 g/mol. The fraction of sp³-hybridized carbons (Fsp3) is 0.400. The first kappa shape index (κ1) is 11.4. The number of piperidine rings is 1. The molecule has 1 aromatic carbocycles. The Balaban J connectivity index is 1.74. The van der Waals surface area contributed by atoms with Crippen LogP contribution in [0.3, 0.4) is 0 Å². The fourth-order valence-corrected chi connectivity index (χ4v) is 3.97. The summed E-state index contributed by atoms with van der Waals surface area (Å²) < 4.78 is 5.81. The molecular formula is C15H16N2OS. The molecule has 19 heavy (non-hydrogen) atoms. The van der Waals surface area contributed by atoms with Crippen molar-refractivity contribution >= 4 is 11.3 Å². The molecule has 98 valence electrons. The number of thiazole rings is 1. The third-order valence-corrected chi connectivity index (χ3v) is 5.05. The first-order chi connectivity index (χ1) is 9.42. The highest BCUT2D eigenvalue weighted by Gasteiger charge is 2.25. The molecule has 1 atom stereocenters. The topological polar surface area (TPSA) is 34.1 Å². The van der Waals surface area contributed by atoms with Crippen LogP contribution < -0.4 is 10.1 Å². The molecule has 2 aliphatic heterocycles. The first-order valence-corrected chi connectivity index (χ1v) is 7.66. The molecule has 4 heteroatoms. The Morgan fingerprint density at radius 3 is 3.16 bits per heavy atom. The molecule has 0 amide bonds. The van der Waals surface area contributed by atoms with Crippen molar-refractivity contribution in [3.8, 4) is 17.0 Å². The highest BCUT2D eigenvalue weighted by Crippen LogP contribution is 2.41. The lowest BCUT2D eigenvalue weighted by atomic mass is 10.0. The van der Waals surface area contributed by atoms with Crippen LogP contribution in [0.4, 0.5) is 0 Å². The number of fused-ring (bicyclic) bond motifs is 3. The van der Waals surface area contributed by atoms with Gasteiger partial charge in [0.05, 0.1) is 15.6 Å². The molecule has 0 bridgehead atoms. The van der Waals surface area contributed by atoms with Crippen molar-refractivity contribution in [3.05, 3.63) is 34.2 Å². The second kappa shape index (κ2) is 4.62. The van der Waals surface area contributed by atoms with Gasteiger partial charge in [0.15, 0.2) is 0 Å². The van der Waals surface area contributed by atoms with E-state index in [9.17, 15) is 0 Å². The van der Waals surface area contributed by atoms with Crippen molar-refractivity contribution in [3.63, 3.8) is 0 Å². The Morgan fingerprint density at radius 1 is 1.32 bits per heavy atom.